The first-order valence-corrected chi connectivity index (χ1v) is 7.18. The lowest BCUT2D eigenvalue weighted by Gasteiger charge is -2.39. The molecule has 1 rings (SSSR count). The molecule has 0 saturated carbocycles. The predicted octanol–water partition coefficient (Wildman–Crippen LogP) is 2.27. The summed E-state index contributed by atoms with van der Waals surface area (Å²) in [7, 11) is 1.85. The predicted molar refractivity (Wildman–Crippen MR) is 73.5 cm³/mol. The van der Waals surface area contributed by atoms with Crippen LogP contribution in [0.15, 0.2) is 0 Å². The van der Waals surface area contributed by atoms with Gasteiger partial charge in [-0.3, -0.25) is 0 Å². The number of unbranched alkanes of at least 4 members (excludes halogenated alkanes) is 1. The van der Waals surface area contributed by atoms with E-state index in [1.165, 1.54) is 51.7 Å². The van der Waals surface area contributed by atoms with Crippen LogP contribution in [-0.2, 0) is 4.74 Å². The van der Waals surface area contributed by atoms with Crippen LogP contribution in [-0.4, -0.2) is 50.3 Å². The number of methoxy groups -OCH3 is 1. The number of nitrogens with zero attached hydrogens (tertiary/aromatic N) is 1. The third-order valence-electron chi connectivity index (χ3n) is 3.74. The highest BCUT2D eigenvalue weighted by atomic mass is 16.5. The van der Waals surface area contributed by atoms with Gasteiger partial charge in [-0.1, -0.05) is 6.92 Å². The lowest BCUT2D eigenvalue weighted by Crippen LogP contribution is -2.47. The molecule has 1 saturated heterocycles. The van der Waals surface area contributed by atoms with E-state index in [-0.39, 0.29) is 5.60 Å². The van der Waals surface area contributed by atoms with Crippen LogP contribution < -0.4 is 5.32 Å². The Bertz CT molecular complexity index is 199. The van der Waals surface area contributed by atoms with Gasteiger partial charge in [-0.25, -0.2) is 0 Å². The molecule has 1 unspecified atom stereocenters. The minimum Gasteiger partial charge on any atom is -0.377 e. The van der Waals surface area contributed by atoms with E-state index in [0.29, 0.717) is 0 Å². The van der Waals surface area contributed by atoms with Crippen LogP contribution >= 0.6 is 0 Å². The molecule has 3 nitrogen and oxygen atoms in total. The van der Waals surface area contributed by atoms with Crippen molar-refractivity contribution in [3.05, 3.63) is 0 Å². The highest BCUT2D eigenvalue weighted by molar-refractivity contribution is 4.84. The van der Waals surface area contributed by atoms with Crippen molar-refractivity contribution in [2.24, 2.45) is 0 Å². The molecule has 0 bridgehead atoms. The van der Waals surface area contributed by atoms with Crippen molar-refractivity contribution in [3.8, 4) is 0 Å². The fourth-order valence-corrected chi connectivity index (χ4v) is 2.55. The van der Waals surface area contributed by atoms with E-state index in [9.17, 15) is 0 Å². The second-order valence-corrected chi connectivity index (χ2v) is 5.49. The number of nitrogens with one attached hydrogen (secondary N) is 1. The van der Waals surface area contributed by atoms with Crippen molar-refractivity contribution in [2.45, 2.75) is 51.6 Å². The van der Waals surface area contributed by atoms with E-state index < -0.39 is 0 Å². The highest BCUT2D eigenvalue weighted by Crippen LogP contribution is 2.23. The molecule has 0 aromatic rings. The van der Waals surface area contributed by atoms with E-state index >= 15 is 0 Å². The van der Waals surface area contributed by atoms with Gasteiger partial charge in [0.2, 0.25) is 0 Å². The number of hydrogen-bond donors (Lipinski definition) is 1. The molecule has 1 aliphatic heterocycles. The van der Waals surface area contributed by atoms with Crippen LogP contribution in [0.4, 0.5) is 0 Å². The average molecular weight is 242 g/mol. The standard InChI is InChI=1S/C14H30N2O/c1-4-9-15-10-5-6-11-16-12-7-8-14(2,13-16)17-3/h15H,4-13H2,1-3H3. The molecule has 0 amide bonds. The summed E-state index contributed by atoms with van der Waals surface area (Å²) in [5.74, 6) is 0. The first-order valence-electron chi connectivity index (χ1n) is 7.18. The van der Waals surface area contributed by atoms with Crippen molar-refractivity contribution in [3.63, 3.8) is 0 Å². The van der Waals surface area contributed by atoms with E-state index in [1.54, 1.807) is 0 Å². The molecule has 0 radical (unpaired) electrons. The lowest BCUT2D eigenvalue weighted by atomic mass is 9.94. The monoisotopic (exact) mass is 242 g/mol. The van der Waals surface area contributed by atoms with Crippen LogP contribution in [0.5, 0.6) is 0 Å². The summed E-state index contributed by atoms with van der Waals surface area (Å²) < 4.78 is 5.61. The van der Waals surface area contributed by atoms with Crippen LogP contribution in [0.2, 0.25) is 0 Å². The number of rotatable bonds is 8. The van der Waals surface area contributed by atoms with Gasteiger partial charge in [-0.05, 0) is 65.2 Å². The third kappa shape index (κ3) is 5.84. The van der Waals surface area contributed by atoms with Gasteiger partial charge in [0, 0.05) is 13.7 Å². The first-order chi connectivity index (χ1) is 8.20. The van der Waals surface area contributed by atoms with Crippen molar-refractivity contribution in [1.29, 1.82) is 0 Å². The van der Waals surface area contributed by atoms with Crippen molar-refractivity contribution < 1.29 is 4.74 Å². The molecule has 102 valence electrons. The Morgan fingerprint density at radius 1 is 1.29 bits per heavy atom. The van der Waals surface area contributed by atoms with Crippen LogP contribution in [0.1, 0.15) is 46.0 Å². The maximum absolute atomic E-state index is 5.61. The summed E-state index contributed by atoms with van der Waals surface area (Å²) >= 11 is 0. The average Bonchev–Trinajstić information content (AvgIpc) is 2.34. The second-order valence-electron chi connectivity index (χ2n) is 5.49. The topological polar surface area (TPSA) is 24.5 Å². The number of piperidine rings is 1. The minimum absolute atomic E-state index is 0.0959. The Labute approximate surface area is 107 Å². The molecule has 0 aromatic carbocycles. The van der Waals surface area contributed by atoms with Gasteiger partial charge in [0.1, 0.15) is 0 Å². The minimum atomic E-state index is 0.0959. The summed E-state index contributed by atoms with van der Waals surface area (Å²) in [4.78, 5) is 2.56. The normalized spacial score (nSPS) is 26.3. The second kappa shape index (κ2) is 8.06. The van der Waals surface area contributed by atoms with Gasteiger partial charge in [-0.15, -0.1) is 0 Å². The maximum atomic E-state index is 5.61. The summed E-state index contributed by atoms with van der Waals surface area (Å²) in [6.45, 7) is 10.4. The van der Waals surface area contributed by atoms with Crippen molar-refractivity contribution >= 4 is 0 Å². The zero-order valence-electron chi connectivity index (χ0n) is 11.9. The Balaban J connectivity index is 2.06. The number of likely N-dealkylation sites (tertiary alicyclic amines) is 1. The molecular weight excluding hydrogens is 212 g/mol. The van der Waals surface area contributed by atoms with Gasteiger partial charge >= 0.3 is 0 Å². The Morgan fingerprint density at radius 2 is 2.12 bits per heavy atom. The molecule has 1 heterocycles. The Hall–Kier alpha value is -0.120. The zero-order valence-corrected chi connectivity index (χ0v) is 11.9. The van der Waals surface area contributed by atoms with Gasteiger partial charge in [0.15, 0.2) is 0 Å². The smallest absolute Gasteiger partial charge is 0.0777 e. The van der Waals surface area contributed by atoms with Crippen LogP contribution in [0.25, 0.3) is 0 Å². The lowest BCUT2D eigenvalue weighted by molar-refractivity contribution is -0.0508. The molecule has 1 fully saturated rings. The molecule has 1 atom stereocenters. The Morgan fingerprint density at radius 3 is 2.82 bits per heavy atom. The summed E-state index contributed by atoms with van der Waals surface area (Å²) in [5.41, 5.74) is 0.0959. The maximum Gasteiger partial charge on any atom is 0.0777 e. The molecule has 1 aliphatic rings. The quantitative estimate of drug-likeness (QED) is 0.661. The zero-order chi connectivity index (χ0) is 12.6. The van der Waals surface area contributed by atoms with Crippen LogP contribution in [0, 0.1) is 0 Å². The van der Waals surface area contributed by atoms with Crippen molar-refractivity contribution in [1.82, 2.24) is 10.2 Å². The summed E-state index contributed by atoms with van der Waals surface area (Å²) in [6, 6.07) is 0. The van der Waals surface area contributed by atoms with E-state index in [2.05, 4.69) is 24.1 Å². The molecular formula is C14H30N2O. The molecule has 0 aromatic heterocycles. The largest absolute Gasteiger partial charge is 0.377 e. The molecule has 3 heteroatoms. The van der Waals surface area contributed by atoms with Gasteiger partial charge < -0.3 is 15.0 Å². The third-order valence-corrected chi connectivity index (χ3v) is 3.74. The molecule has 0 spiro atoms. The van der Waals surface area contributed by atoms with Gasteiger partial charge in [0.05, 0.1) is 5.60 Å². The van der Waals surface area contributed by atoms with Gasteiger partial charge in [-0.2, -0.15) is 0 Å². The molecule has 17 heavy (non-hydrogen) atoms. The SMILES string of the molecule is CCCNCCCCN1CCCC(C)(OC)C1. The van der Waals surface area contributed by atoms with Crippen LogP contribution in [0.3, 0.4) is 0 Å². The highest BCUT2D eigenvalue weighted by Gasteiger charge is 2.30. The number of ether oxygens (including phenoxy) is 1. The fourth-order valence-electron chi connectivity index (χ4n) is 2.55. The van der Waals surface area contributed by atoms with E-state index in [4.69, 9.17) is 4.74 Å². The first kappa shape index (κ1) is 14.9. The summed E-state index contributed by atoms with van der Waals surface area (Å²) in [5, 5.41) is 3.46. The van der Waals surface area contributed by atoms with E-state index in [1.807, 2.05) is 7.11 Å². The summed E-state index contributed by atoms with van der Waals surface area (Å²) in [6.07, 6.45) is 6.31. The fraction of sp³-hybridized carbons (Fsp3) is 1.00. The Kier molecular flexibility index (Phi) is 7.09. The molecule has 0 aliphatic carbocycles. The molecule has 1 N–H and O–H groups in total. The van der Waals surface area contributed by atoms with Crippen molar-refractivity contribution in [2.75, 3.05) is 39.8 Å². The van der Waals surface area contributed by atoms with Gasteiger partial charge in [0.25, 0.3) is 0 Å². The number of hydrogen-bond acceptors (Lipinski definition) is 3. The van der Waals surface area contributed by atoms with E-state index in [0.717, 1.165) is 13.1 Å².